The van der Waals surface area contributed by atoms with E-state index >= 15 is 0 Å². The molecule has 0 saturated heterocycles. The van der Waals surface area contributed by atoms with Gasteiger partial charge in [0, 0.05) is 52.9 Å². The van der Waals surface area contributed by atoms with E-state index in [-0.39, 0.29) is 63.5 Å². The lowest BCUT2D eigenvalue weighted by Gasteiger charge is -2.23. The van der Waals surface area contributed by atoms with Crippen molar-refractivity contribution in [1.29, 1.82) is 10.8 Å². The molecule has 16 N–H and O–H groups in total. The van der Waals surface area contributed by atoms with E-state index in [1.165, 1.54) is 0 Å². The fraction of sp³-hybridized carbons (Fsp3) is 0.655. The molecule has 0 rings (SSSR count). The summed E-state index contributed by atoms with van der Waals surface area (Å²) in [7, 11) is 1.56. The van der Waals surface area contributed by atoms with Crippen molar-refractivity contribution in [2.24, 2.45) is 11.5 Å². The summed E-state index contributed by atoms with van der Waals surface area (Å²) in [6, 6.07) is -4.82. The normalized spacial score (nSPS) is 12.7. The third-order valence-electron chi connectivity index (χ3n) is 7.02. The van der Waals surface area contributed by atoms with Gasteiger partial charge in [0.2, 0.25) is 35.4 Å². The molecule has 0 saturated carbocycles. The lowest BCUT2D eigenvalue weighted by atomic mass is 10.1. The number of rotatable bonds is 26. The van der Waals surface area contributed by atoms with Crippen molar-refractivity contribution in [3.63, 3.8) is 0 Å². The summed E-state index contributed by atoms with van der Waals surface area (Å²) < 4.78 is 0. The minimum atomic E-state index is -1.36. The first-order valence-electron chi connectivity index (χ1n) is 16.2. The molecular weight excluding hydrogens is 676 g/mol. The zero-order valence-electron chi connectivity index (χ0n) is 28.8. The van der Waals surface area contributed by atoms with Crippen molar-refractivity contribution in [2.75, 3.05) is 26.7 Å². The summed E-state index contributed by atoms with van der Waals surface area (Å²) in [4.78, 5) is 97.2. The Hall–Kier alpha value is -5.70. The van der Waals surface area contributed by atoms with Gasteiger partial charge >= 0.3 is 11.9 Å². The van der Waals surface area contributed by atoms with Gasteiger partial charge in [-0.1, -0.05) is 0 Å². The van der Waals surface area contributed by atoms with Crippen LogP contribution in [0.5, 0.6) is 0 Å². The van der Waals surface area contributed by atoms with Gasteiger partial charge in [-0.05, 0) is 44.9 Å². The first-order chi connectivity index (χ1) is 24.0. The summed E-state index contributed by atoms with van der Waals surface area (Å²) in [5.74, 6) is -7.03. The standard InChI is InChI=1S/C29H52N12O10/c1-16(42)38-20(10-12-23(46)47)27(51)41-19(9-11-22(44)45)25(49)35-13-5-8-21(43)39-18(7-4-14-36-28(31)32)26(50)40-17(24(30)48)6-3-15-37-29(33)34-2/h17-20H,3-15H2,1-2H3,(H2,30,48)(H,35,49)(H,38,42)(H,39,43)(H,40,50)(H,41,51)(H,44,45)(H,46,47)(H4,31,32,36)(H3,33,34,37). The van der Waals surface area contributed by atoms with Gasteiger partial charge in [0.25, 0.3) is 0 Å². The number of nitrogens with one attached hydrogen (secondary N) is 10. The zero-order chi connectivity index (χ0) is 38.9. The molecule has 0 heterocycles. The minimum absolute atomic E-state index is 0.0586. The van der Waals surface area contributed by atoms with Crippen molar-refractivity contribution in [3.05, 3.63) is 0 Å². The van der Waals surface area contributed by atoms with Gasteiger partial charge in [0.05, 0.1) is 0 Å². The first-order valence-corrected chi connectivity index (χ1v) is 16.2. The second kappa shape index (κ2) is 25.3. The van der Waals surface area contributed by atoms with Crippen LogP contribution in [0.2, 0.25) is 0 Å². The van der Waals surface area contributed by atoms with E-state index in [2.05, 4.69) is 42.5 Å². The molecule has 0 bridgehead atoms. The Kier molecular flexibility index (Phi) is 22.5. The third kappa shape index (κ3) is 22.5. The zero-order valence-corrected chi connectivity index (χ0v) is 28.8. The molecular formula is C29H52N12O10. The molecule has 288 valence electrons. The van der Waals surface area contributed by atoms with Crippen molar-refractivity contribution >= 4 is 59.3 Å². The molecule has 0 aliphatic carbocycles. The summed E-state index contributed by atoms with van der Waals surface area (Å²) in [6.07, 6.45) is -0.750. The number of hydrogen-bond donors (Lipinski definition) is 14. The highest BCUT2D eigenvalue weighted by Crippen LogP contribution is 2.05. The maximum absolute atomic E-state index is 13.1. The highest BCUT2D eigenvalue weighted by atomic mass is 16.4. The number of hydrogen-bond acceptors (Lipinski definition) is 10. The average Bonchev–Trinajstić information content (AvgIpc) is 3.04. The highest BCUT2D eigenvalue weighted by Gasteiger charge is 2.28. The van der Waals surface area contributed by atoms with E-state index in [0.29, 0.717) is 19.4 Å². The van der Waals surface area contributed by atoms with Crippen molar-refractivity contribution in [3.8, 4) is 0 Å². The second-order valence-electron chi connectivity index (χ2n) is 11.3. The van der Waals surface area contributed by atoms with E-state index in [4.69, 9.17) is 32.5 Å². The molecule has 4 atom stereocenters. The molecule has 4 unspecified atom stereocenters. The number of carboxylic acids is 2. The predicted octanol–water partition coefficient (Wildman–Crippen LogP) is -4.16. The fourth-order valence-corrected chi connectivity index (χ4v) is 4.41. The molecule has 0 aromatic heterocycles. The van der Waals surface area contributed by atoms with Crippen LogP contribution in [0.15, 0.2) is 0 Å². The molecule has 22 heteroatoms. The lowest BCUT2D eigenvalue weighted by Crippen LogP contribution is -2.54. The average molecular weight is 729 g/mol. The summed E-state index contributed by atoms with van der Waals surface area (Å²) in [6.45, 7) is 1.56. The quantitative estimate of drug-likeness (QED) is 0.0228. The Morgan fingerprint density at radius 1 is 0.588 bits per heavy atom. The topological polar surface area (TPSA) is 373 Å². The fourth-order valence-electron chi connectivity index (χ4n) is 4.41. The molecule has 0 aliphatic heterocycles. The highest BCUT2D eigenvalue weighted by molar-refractivity contribution is 5.93. The van der Waals surface area contributed by atoms with E-state index in [9.17, 15) is 38.4 Å². The van der Waals surface area contributed by atoms with Crippen LogP contribution in [-0.4, -0.2) is 120 Å². The number of primary amides is 1. The second-order valence-corrected chi connectivity index (χ2v) is 11.3. The Bertz CT molecular complexity index is 1250. The molecule has 0 aliphatic rings. The van der Waals surface area contributed by atoms with Gasteiger partial charge in [0.15, 0.2) is 11.9 Å². The van der Waals surface area contributed by atoms with Gasteiger partial charge < -0.3 is 64.2 Å². The van der Waals surface area contributed by atoms with Crippen molar-refractivity contribution in [1.82, 2.24) is 42.5 Å². The van der Waals surface area contributed by atoms with Gasteiger partial charge in [-0.3, -0.25) is 49.2 Å². The molecule has 0 radical (unpaired) electrons. The number of carbonyl (C=O) groups is 8. The minimum Gasteiger partial charge on any atom is -0.481 e. The van der Waals surface area contributed by atoms with Crippen LogP contribution in [0.4, 0.5) is 0 Å². The number of guanidine groups is 2. The van der Waals surface area contributed by atoms with Crippen LogP contribution in [0.1, 0.15) is 71.1 Å². The van der Waals surface area contributed by atoms with Crippen LogP contribution < -0.4 is 54.0 Å². The molecule has 0 fully saturated rings. The van der Waals surface area contributed by atoms with E-state index in [0.717, 1.165) is 6.92 Å². The van der Waals surface area contributed by atoms with Gasteiger partial charge in [-0.15, -0.1) is 0 Å². The van der Waals surface area contributed by atoms with Crippen LogP contribution in [-0.2, 0) is 38.4 Å². The Morgan fingerprint density at radius 2 is 1.06 bits per heavy atom. The van der Waals surface area contributed by atoms with Crippen molar-refractivity contribution < 1.29 is 48.6 Å². The summed E-state index contributed by atoms with van der Waals surface area (Å²) in [5, 5.41) is 53.0. The monoisotopic (exact) mass is 728 g/mol. The summed E-state index contributed by atoms with van der Waals surface area (Å²) >= 11 is 0. The molecule has 0 aromatic carbocycles. The smallest absolute Gasteiger partial charge is 0.303 e. The van der Waals surface area contributed by atoms with Crippen LogP contribution in [0, 0.1) is 10.8 Å². The number of nitrogens with two attached hydrogens (primary N) is 2. The van der Waals surface area contributed by atoms with Crippen LogP contribution in [0.25, 0.3) is 0 Å². The van der Waals surface area contributed by atoms with Gasteiger partial charge in [-0.2, -0.15) is 0 Å². The maximum atomic E-state index is 13.1. The number of carboxylic acid groups (broad SMARTS) is 2. The van der Waals surface area contributed by atoms with E-state index in [1.54, 1.807) is 7.05 Å². The Morgan fingerprint density at radius 3 is 1.55 bits per heavy atom. The van der Waals surface area contributed by atoms with Crippen molar-refractivity contribution in [2.45, 2.75) is 95.3 Å². The largest absolute Gasteiger partial charge is 0.481 e. The third-order valence-corrected chi connectivity index (χ3v) is 7.02. The first kappa shape index (κ1) is 45.3. The number of carbonyl (C=O) groups excluding carboxylic acids is 6. The van der Waals surface area contributed by atoms with Crippen LogP contribution >= 0.6 is 0 Å². The van der Waals surface area contributed by atoms with E-state index < -0.39 is 84.4 Å². The molecule has 22 nitrogen and oxygen atoms in total. The number of amides is 6. The Balaban J connectivity index is 5.34. The SMILES string of the molecule is CNC(=N)NCCCC(NC(=O)C(CCCNC(=N)N)NC(=O)CCCNC(=O)C(CCC(=O)O)NC(=O)C(CCC(=O)O)NC(C)=O)C(N)=O. The lowest BCUT2D eigenvalue weighted by molar-refractivity contribution is -0.139. The number of aliphatic carboxylic acids is 2. The summed E-state index contributed by atoms with van der Waals surface area (Å²) in [5.41, 5.74) is 10.8. The van der Waals surface area contributed by atoms with Gasteiger partial charge in [-0.25, -0.2) is 0 Å². The van der Waals surface area contributed by atoms with Crippen LogP contribution in [0.3, 0.4) is 0 Å². The molecule has 0 spiro atoms. The molecule has 6 amide bonds. The van der Waals surface area contributed by atoms with E-state index in [1.807, 2.05) is 0 Å². The maximum Gasteiger partial charge on any atom is 0.303 e. The molecule has 51 heavy (non-hydrogen) atoms. The van der Waals surface area contributed by atoms with Gasteiger partial charge in [0.1, 0.15) is 24.2 Å². The Labute approximate surface area is 294 Å². The molecule has 0 aromatic rings. The predicted molar refractivity (Wildman–Crippen MR) is 182 cm³/mol.